The second kappa shape index (κ2) is 7.68. The number of nitrogens with two attached hydrogens (primary N) is 1. The van der Waals surface area contributed by atoms with Crippen LogP contribution in [0.5, 0.6) is 0 Å². The lowest BCUT2D eigenvalue weighted by Gasteiger charge is -2.28. The first-order valence-electron chi connectivity index (χ1n) is 7.46. The van der Waals surface area contributed by atoms with Crippen LogP contribution in [0.1, 0.15) is 38.5 Å². The van der Waals surface area contributed by atoms with Crippen LogP contribution in [0.15, 0.2) is 0 Å². The Labute approximate surface area is 129 Å². The minimum atomic E-state index is -4.20. The first-order chi connectivity index (χ1) is 9.40. The molecule has 0 aromatic carbocycles. The molecule has 0 spiro atoms. The second-order valence-corrected chi connectivity index (χ2v) is 6.13. The highest BCUT2D eigenvalue weighted by atomic mass is 35.5. The van der Waals surface area contributed by atoms with E-state index in [2.05, 4.69) is 0 Å². The van der Waals surface area contributed by atoms with Gasteiger partial charge in [-0.05, 0) is 44.1 Å². The number of hydrogen-bond acceptors (Lipinski definition) is 2. The fourth-order valence-electron chi connectivity index (χ4n) is 3.04. The monoisotopic (exact) mass is 328 g/mol. The molecule has 21 heavy (non-hydrogen) atoms. The van der Waals surface area contributed by atoms with E-state index >= 15 is 0 Å². The summed E-state index contributed by atoms with van der Waals surface area (Å²) in [5.41, 5.74) is 5.67. The minimum absolute atomic E-state index is 0. The molecule has 0 unspecified atom stereocenters. The Balaban J connectivity index is 0.00000220. The van der Waals surface area contributed by atoms with Crippen LogP contribution in [0.25, 0.3) is 0 Å². The first-order valence-corrected chi connectivity index (χ1v) is 7.46. The second-order valence-electron chi connectivity index (χ2n) is 6.13. The number of rotatable bonds is 6. The smallest absolute Gasteiger partial charge is 0.342 e. The summed E-state index contributed by atoms with van der Waals surface area (Å²) in [5.74, 6) is 0.293. The molecule has 2 saturated carbocycles. The van der Waals surface area contributed by atoms with E-state index in [1.807, 2.05) is 0 Å². The quantitative estimate of drug-likeness (QED) is 0.814. The van der Waals surface area contributed by atoms with Gasteiger partial charge in [0, 0.05) is 19.0 Å². The zero-order valence-corrected chi connectivity index (χ0v) is 12.9. The SMILES string of the molecule is Cl.NC[C@H]1CCC[C@H]1C(=O)N(CCC(F)(F)F)CC1CC1. The molecular formula is C14H24ClF3N2O. The summed E-state index contributed by atoms with van der Waals surface area (Å²) in [7, 11) is 0. The molecule has 2 N–H and O–H groups in total. The Bertz CT molecular complexity index is 348. The van der Waals surface area contributed by atoms with Gasteiger partial charge in [0.2, 0.25) is 5.91 Å². The third-order valence-corrected chi connectivity index (χ3v) is 4.43. The number of carbonyl (C=O) groups excluding carboxylic acids is 1. The van der Waals surface area contributed by atoms with Crippen LogP contribution < -0.4 is 5.73 Å². The molecule has 0 radical (unpaired) electrons. The van der Waals surface area contributed by atoms with Crippen LogP contribution >= 0.6 is 12.4 Å². The van der Waals surface area contributed by atoms with Crippen molar-refractivity contribution in [3.8, 4) is 0 Å². The van der Waals surface area contributed by atoms with E-state index in [4.69, 9.17) is 5.73 Å². The summed E-state index contributed by atoms with van der Waals surface area (Å²) in [5, 5.41) is 0. The number of halogens is 4. The van der Waals surface area contributed by atoms with E-state index < -0.39 is 12.6 Å². The number of amides is 1. The number of nitrogens with zero attached hydrogens (tertiary/aromatic N) is 1. The molecule has 2 rings (SSSR count). The Kier molecular flexibility index (Phi) is 6.78. The summed E-state index contributed by atoms with van der Waals surface area (Å²) < 4.78 is 37.2. The van der Waals surface area contributed by atoms with Crippen molar-refractivity contribution >= 4 is 18.3 Å². The summed E-state index contributed by atoms with van der Waals surface area (Å²) >= 11 is 0. The summed E-state index contributed by atoms with van der Waals surface area (Å²) in [6, 6.07) is 0. The largest absolute Gasteiger partial charge is 0.390 e. The van der Waals surface area contributed by atoms with Crippen LogP contribution in [0.4, 0.5) is 13.2 Å². The zero-order valence-electron chi connectivity index (χ0n) is 12.1. The van der Waals surface area contributed by atoms with Gasteiger partial charge >= 0.3 is 6.18 Å². The van der Waals surface area contributed by atoms with Crippen LogP contribution in [-0.2, 0) is 4.79 Å². The standard InChI is InChI=1S/C14H23F3N2O.ClH/c15-14(16,17)6-7-19(9-10-4-5-10)13(20)12-3-1-2-11(12)8-18;/h10-12H,1-9,18H2;1H/t11-,12-;/m1./s1. The van der Waals surface area contributed by atoms with Gasteiger partial charge in [-0.3, -0.25) is 4.79 Å². The molecule has 2 aliphatic rings. The topological polar surface area (TPSA) is 46.3 Å². The average molecular weight is 329 g/mol. The molecular weight excluding hydrogens is 305 g/mol. The molecule has 2 atom stereocenters. The summed E-state index contributed by atoms with van der Waals surface area (Å²) in [6.07, 6.45) is -0.412. The van der Waals surface area contributed by atoms with Crippen molar-refractivity contribution in [1.29, 1.82) is 0 Å². The van der Waals surface area contributed by atoms with Crippen LogP contribution in [0, 0.1) is 17.8 Å². The maximum atomic E-state index is 12.5. The highest BCUT2D eigenvalue weighted by molar-refractivity contribution is 5.85. The minimum Gasteiger partial charge on any atom is -0.342 e. The molecule has 0 aromatic rings. The van der Waals surface area contributed by atoms with E-state index in [-0.39, 0.29) is 36.7 Å². The van der Waals surface area contributed by atoms with Gasteiger partial charge in [0.05, 0.1) is 6.42 Å². The average Bonchev–Trinajstić information content (AvgIpc) is 3.06. The Morgan fingerprint density at radius 1 is 1.19 bits per heavy atom. The molecule has 0 aromatic heterocycles. The van der Waals surface area contributed by atoms with Crippen molar-refractivity contribution in [1.82, 2.24) is 4.90 Å². The summed E-state index contributed by atoms with van der Waals surface area (Å²) in [6.45, 7) is 0.738. The van der Waals surface area contributed by atoms with Gasteiger partial charge in [-0.25, -0.2) is 0 Å². The molecule has 2 fully saturated rings. The predicted octanol–water partition coefficient (Wildman–Crippen LogP) is 2.97. The van der Waals surface area contributed by atoms with Crippen molar-refractivity contribution < 1.29 is 18.0 Å². The van der Waals surface area contributed by atoms with Gasteiger partial charge in [0.15, 0.2) is 0 Å². The fourth-order valence-corrected chi connectivity index (χ4v) is 3.04. The van der Waals surface area contributed by atoms with Crippen molar-refractivity contribution in [2.45, 2.75) is 44.7 Å². The van der Waals surface area contributed by atoms with Crippen LogP contribution in [-0.4, -0.2) is 36.6 Å². The first kappa shape index (κ1) is 18.6. The Morgan fingerprint density at radius 2 is 1.86 bits per heavy atom. The van der Waals surface area contributed by atoms with Crippen molar-refractivity contribution in [3.05, 3.63) is 0 Å². The predicted molar refractivity (Wildman–Crippen MR) is 77.1 cm³/mol. The number of alkyl halides is 3. The van der Waals surface area contributed by atoms with Crippen LogP contribution in [0.3, 0.4) is 0 Å². The van der Waals surface area contributed by atoms with E-state index in [1.54, 1.807) is 0 Å². The third kappa shape index (κ3) is 5.66. The van der Waals surface area contributed by atoms with Crippen molar-refractivity contribution in [3.63, 3.8) is 0 Å². The number of carbonyl (C=O) groups is 1. The molecule has 7 heteroatoms. The molecule has 0 heterocycles. The lowest BCUT2D eigenvalue weighted by atomic mass is 9.94. The van der Waals surface area contributed by atoms with E-state index in [9.17, 15) is 18.0 Å². The molecule has 1 amide bonds. The van der Waals surface area contributed by atoms with Gasteiger partial charge in [-0.15, -0.1) is 12.4 Å². The van der Waals surface area contributed by atoms with Gasteiger partial charge in [-0.1, -0.05) is 6.42 Å². The van der Waals surface area contributed by atoms with E-state index in [0.29, 0.717) is 19.0 Å². The maximum Gasteiger partial charge on any atom is 0.390 e. The molecule has 3 nitrogen and oxygen atoms in total. The van der Waals surface area contributed by atoms with Crippen LogP contribution in [0.2, 0.25) is 0 Å². The Morgan fingerprint density at radius 3 is 2.38 bits per heavy atom. The van der Waals surface area contributed by atoms with E-state index in [1.165, 1.54) is 4.90 Å². The van der Waals surface area contributed by atoms with Gasteiger partial charge < -0.3 is 10.6 Å². The highest BCUT2D eigenvalue weighted by Gasteiger charge is 2.38. The van der Waals surface area contributed by atoms with Crippen molar-refractivity contribution in [2.75, 3.05) is 19.6 Å². The van der Waals surface area contributed by atoms with E-state index in [0.717, 1.165) is 32.1 Å². The fraction of sp³-hybridized carbons (Fsp3) is 0.929. The van der Waals surface area contributed by atoms with Gasteiger partial charge in [-0.2, -0.15) is 13.2 Å². The number of hydrogen-bond donors (Lipinski definition) is 1. The highest BCUT2D eigenvalue weighted by Crippen LogP contribution is 2.35. The molecule has 0 aliphatic heterocycles. The molecule has 0 saturated heterocycles. The van der Waals surface area contributed by atoms with Gasteiger partial charge in [0.25, 0.3) is 0 Å². The lowest BCUT2D eigenvalue weighted by molar-refractivity contribution is -0.148. The summed E-state index contributed by atoms with van der Waals surface area (Å²) in [4.78, 5) is 13.9. The normalized spacial score (nSPS) is 25.5. The molecule has 124 valence electrons. The van der Waals surface area contributed by atoms with Crippen molar-refractivity contribution in [2.24, 2.45) is 23.5 Å². The lowest BCUT2D eigenvalue weighted by Crippen LogP contribution is -2.41. The molecule has 0 bridgehead atoms. The third-order valence-electron chi connectivity index (χ3n) is 4.43. The zero-order chi connectivity index (χ0) is 14.8. The maximum absolute atomic E-state index is 12.5. The van der Waals surface area contributed by atoms with Gasteiger partial charge in [0.1, 0.15) is 0 Å². The Hall–Kier alpha value is -0.490. The molecule has 2 aliphatic carbocycles.